The molecule has 0 spiro atoms. The van der Waals surface area contributed by atoms with Gasteiger partial charge in [-0.2, -0.15) is 0 Å². The first-order chi connectivity index (χ1) is 8.29. The first-order valence-electron chi connectivity index (χ1n) is 7.14. The lowest BCUT2D eigenvalue weighted by atomic mass is 9.83. The molecule has 0 aromatic heterocycles. The molecule has 0 bridgehead atoms. The molecule has 0 radical (unpaired) electrons. The molecule has 18 heavy (non-hydrogen) atoms. The van der Waals surface area contributed by atoms with Crippen LogP contribution in [0.1, 0.15) is 39.0 Å². The van der Waals surface area contributed by atoms with Crippen LogP contribution in [0.4, 0.5) is 0 Å². The molecule has 1 fully saturated rings. The third-order valence-electron chi connectivity index (χ3n) is 3.53. The van der Waals surface area contributed by atoms with Crippen LogP contribution in [0.25, 0.3) is 0 Å². The Kier molecular flexibility index (Phi) is 5.64. The van der Waals surface area contributed by atoms with Gasteiger partial charge in [0.15, 0.2) is 0 Å². The zero-order valence-electron chi connectivity index (χ0n) is 12.4. The highest BCUT2D eigenvalue weighted by Gasteiger charge is 2.30. The Morgan fingerprint density at radius 1 is 1.28 bits per heavy atom. The molecule has 104 valence electrons. The summed E-state index contributed by atoms with van der Waals surface area (Å²) in [6.07, 6.45) is 6.19. The molecule has 3 heteroatoms. The topological polar surface area (TPSA) is 26.3 Å². The smallest absolute Gasteiger partial charge is 0.303 e. The maximum Gasteiger partial charge on any atom is 0.303 e. The summed E-state index contributed by atoms with van der Waals surface area (Å²) in [5, 5.41) is 0. The summed E-state index contributed by atoms with van der Waals surface area (Å²) in [6, 6.07) is 1.06. The van der Waals surface area contributed by atoms with Crippen molar-refractivity contribution < 1.29 is 9.53 Å². The first kappa shape index (κ1) is 15.5. The van der Waals surface area contributed by atoms with Gasteiger partial charge in [0.25, 0.3) is 0 Å². The molecular formula is C15H28O2Si. The van der Waals surface area contributed by atoms with Gasteiger partial charge in [-0.05, 0) is 30.4 Å². The molecule has 0 aliphatic heterocycles. The van der Waals surface area contributed by atoms with Crippen molar-refractivity contribution >= 4 is 14.0 Å². The second-order valence-electron chi connectivity index (χ2n) is 6.82. The van der Waals surface area contributed by atoms with Crippen molar-refractivity contribution in [1.82, 2.24) is 0 Å². The van der Waals surface area contributed by atoms with E-state index >= 15 is 0 Å². The minimum atomic E-state index is -1.19. The Morgan fingerprint density at radius 3 is 2.28 bits per heavy atom. The molecule has 1 aliphatic rings. The van der Waals surface area contributed by atoms with Gasteiger partial charge in [-0.15, -0.1) is 0 Å². The van der Waals surface area contributed by atoms with Crippen LogP contribution in [-0.2, 0) is 9.53 Å². The summed E-state index contributed by atoms with van der Waals surface area (Å²) in [5.74, 6) is 0.341. The molecular weight excluding hydrogens is 240 g/mol. The van der Waals surface area contributed by atoms with Gasteiger partial charge in [-0.3, -0.25) is 4.79 Å². The van der Waals surface area contributed by atoms with Gasteiger partial charge in [0.1, 0.15) is 6.10 Å². The molecule has 1 aliphatic carbocycles. The summed E-state index contributed by atoms with van der Waals surface area (Å²) in [6.45, 7) is 12.7. The van der Waals surface area contributed by atoms with E-state index in [9.17, 15) is 4.79 Å². The predicted molar refractivity (Wildman–Crippen MR) is 79.4 cm³/mol. The minimum Gasteiger partial charge on any atom is -0.458 e. The maximum absolute atomic E-state index is 11.3. The van der Waals surface area contributed by atoms with Gasteiger partial charge in [0, 0.05) is 15.0 Å². The standard InChI is InChI=1S/C15H28O2Si/c1-12(11-18(3,4)5)15(17-13(2)16)14-9-7-6-8-10-14/h14-15H,1,6-11H2,2-5H3/t15-/m0/s1. The van der Waals surface area contributed by atoms with Crippen molar-refractivity contribution in [1.29, 1.82) is 0 Å². The van der Waals surface area contributed by atoms with Crippen LogP contribution in [0, 0.1) is 5.92 Å². The molecule has 1 atom stereocenters. The average Bonchev–Trinajstić information content (AvgIpc) is 2.24. The monoisotopic (exact) mass is 268 g/mol. The van der Waals surface area contributed by atoms with Gasteiger partial charge in [-0.1, -0.05) is 45.5 Å². The Bertz CT molecular complexity index is 298. The highest BCUT2D eigenvalue weighted by atomic mass is 28.3. The number of carbonyl (C=O) groups excluding carboxylic acids is 1. The van der Waals surface area contributed by atoms with Gasteiger partial charge in [0.2, 0.25) is 0 Å². The number of ether oxygens (including phenoxy) is 1. The number of hydrogen-bond donors (Lipinski definition) is 0. The van der Waals surface area contributed by atoms with Crippen LogP contribution in [0.5, 0.6) is 0 Å². The number of carbonyl (C=O) groups is 1. The number of esters is 1. The van der Waals surface area contributed by atoms with E-state index in [0.29, 0.717) is 5.92 Å². The molecule has 0 aromatic carbocycles. The van der Waals surface area contributed by atoms with Crippen LogP contribution < -0.4 is 0 Å². The van der Waals surface area contributed by atoms with Gasteiger partial charge in [0.05, 0.1) is 0 Å². The summed E-state index contributed by atoms with van der Waals surface area (Å²) in [7, 11) is -1.19. The van der Waals surface area contributed by atoms with Gasteiger partial charge < -0.3 is 4.74 Å². The molecule has 0 amide bonds. The maximum atomic E-state index is 11.3. The molecule has 0 unspecified atom stereocenters. The largest absolute Gasteiger partial charge is 0.458 e. The predicted octanol–water partition coefficient (Wildman–Crippen LogP) is 4.39. The van der Waals surface area contributed by atoms with Crippen molar-refractivity contribution in [3.63, 3.8) is 0 Å². The fourth-order valence-electron chi connectivity index (χ4n) is 2.91. The lowest BCUT2D eigenvalue weighted by molar-refractivity contribution is -0.147. The van der Waals surface area contributed by atoms with E-state index in [-0.39, 0.29) is 12.1 Å². The van der Waals surface area contributed by atoms with Crippen molar-refractivity contribution in [2.75, 3.05) is 0 Å². The molecule has 1 rings (SSSR count). The van der Waals surface area contributed by atoms with E-state index in [1.165, 1.54) is 39.0 Å². The van der Waals surface area contributed by atoms with E-state index in [1.54, 1.807) is 0 Å². The zero-order valence-corrected chi connectivity index (χ0v) is 13.4. The molecule has 0 aromatic rings. The van der Waals surface area contributed by atoms with Crippen molar-refractivity contribution in [3.8, 4) is 0 Å². The first-order valence-corrected chi connectivity index (χ1v) is 10.9. The number of hydrogen-bond acceptors (Lipinski definition) is 2. The molecule has 0 N–H and O–H groups in total. The minimum absolute atomic E-state index is 0.0328. The third-order valence-corrected chi connectivity index (χ3v) is 5.05. The van der Waals surface area contributed by atoms with Crippen LogP contribution in [-0.4, -0.2) is 20.1 Å². The van der Waals surface area contributed by atoms with E-state index in [1.807, 2.05) is 0 Å². The lowest BCUT2D eigenvalue weighted by Crippen LogP contribution is -2.33. The highest BCUT2D eigenvalue weighted by Crippen LogP contribution is 2.33. The second kappa shape index (κ2) is 6.55. The lowest BCUT2D eigenvalue weighted by Gasteiger charge is -2.33. The van der Waals surface area contributed by atoms with E-state index in [4.69, 9.17) is 4.74 Å². The van der Waals surface area contributed by atoms with Gasteiger partial charge >= 0.3 is 5.97 Å². The molecule has 2 nitrogen and oxygen atoms in total. The van der Waals surface area contributed by atoms with Crippen LogP contribution in [0.3, 0.4) is 0 Å². The Morgan fingerprint density at radius 2 is 1.83 bits per heavy atom. The number of rotatable bonds is 5. The summed E-state index contributed by atoms with van der Waals surface area (Å²) in [4.78, 5) is 11.3. The Balaban J connectivity index is 2.70. The average molecular weight is 268 g/mol. The highest BCUT2D eigenvalue weighted by molar-refractivity contribution is 6.76. The third kappa shape index (κ3) is 5.38. The fourth-order valence-corrected chi connectivity index (χ4v) is 4.47. The van der Waals surface area contributed by atoms with Crippen molar-refractivity contribution in [3.05, 3.63) is 12.2 Å². The Labute approximate surface area is 113 Å². The van der Waals surface area contributed by atoms with Crippen LogP contribution in [0.2, 0.25) is 25.7 Å². The van der Waals surface area contributed by atoms with Crippen molar-refractivity contribution in [2.24, 2.45) is 5.92 Å². The molecule has 0 heterocycles. The second-order valence-corrected chi connectivity index (χ2v) is 12.3. The molecule has 0 saturated heterocycles. The van der Waals surface area contributed by atoms with Crippen LogP contribution in [0.15, 0.2) is 12.2 Å². The SMILES string of the molecule is C=C(C[Si](C)(C)C)[C@H](OC(C)=O)C1CCCCC1. The van der Waals surface area contributed by atoms with E-state index in [2.05, 4.69) is 26.2 Å². The summed E-state index contributed by atoms with van der Waals surface area (Å²) < 4.78 is 5.58. The summed E-state index contributed by atoms with van der Waals surface area (Å²) >= 11 is 0. The quantitative estimate of drug-likeness (QED) is 0.420. The Hall–Kier alpha value is -0.573. The van der Waals surface area contributed by atoms with Crippen molar-refractivity contribution in [2.45, 2.75) is 70.8 Å². The van der Waals surface area contributed by atoms with Gasteiger partial charge in [-0.25, -0.2) is 0 Å². The zero-order chi connectivity index (χ0) is 13.8. The normalized spacial score (nSPS) is 19.3. The fraction of sp³-hybridized carbons (Fsp3) is 0.800. The molecule has 1 saturated carbocycles. The van der Waals surface area contributed by atoms with E-state index in [0.717, 1.165) is 11.6 Å². The van der Waals surface area contributed by atoms with E-state index < -0.39 is 8.07 Å². The summed E-state index contributed by atoms with van der Waals surface area (Å²) in [5.41, 5.74) is 1.15. The van der Waals surface area contributed by atoms with Crippen LogP contribution >= 0.6 is 0 Å².